The maximum atomic E-state index is 13.6. The second-order valence-corrected chi connectivity index (χ2v) is 11.3. The van der Waals surface area contributed by atoms with Gasteiger partial charge in [-0.15, -0.1) is 0 Å². The van der Waals surface area contributed by atoms with Crippen molar-refractivity contribution in [2.45, 2.75) is 52.7 Å². The van der Waals surface area contributed by atoms with Crippen molar-refractivity contribution in [3.05, 3.63) is 63.6 Å². The highest BCUT2D eigenvalue weighted by Crippen LogP contribution is 2.27. The minimum absolute atomic E-state index is 0.114. The quantitative estimate of drug-likeness (QED) is 0.416. The number of amides is 2. The van der Waals surface area contributed by atoms with Gasteiger partial charge in [-0.3, -0.25) is 18.7 Å². The molecule has 196 valence electrons. The highest BCUT2D eigenvalue weighted by Gasteiger charge is 2.31. The van der Waals surface area contributed by atoms with Gasteiger partial charge in [-0.05, 0) is 51.5 Å². The summed E-state index contributed by atoms with van der Waals surface area (Å²) in [4.78, 5) is 39.6. The summed E-state index contributed by atoms with van der Waals surface area (Å²) in [7, 11) is -3.93. The fraction of sp³-hybridized carbons (Fsp3) is 0.400. The van der Waals surface area contributed by atoms with Crippen molar-refractivity contribution < 1.29 is 22.8 Å². The normalized spacial score (nSPS) is 13.0. The summed E-state index contributed by atoms with van der Waals surface area (Å²) in [6.45, 7) is 5.97. The van der Waals surface area contributed by atoms with Crippen molar-refractivity contribution in [2.24, 2.45) is 0 Å². The van der Waals surface area contributed by atoms with E-state index in [1.807, 2.05) is 13.8 Å². The topological polar surface area (TPSA) is 104 Å². The maximum Gasteiger partial charge on any atom is 0.244 e. The van der Waals surface area contributed by atoms with E-state index >= 15 is 0 Å². The first-order valence-electron chi connectivity index (χ1n) is 11.4. The number of carbonyl (C=O) groups is 3. The Balaban J connectivity index is 2.48. The molecular weight excluding hydrogens is 525 g/mol. The van der Waals surface area contributed by atoms with E-state index in [0.717, 1.165) is 10.6 Å². The molecule has 8 nitrogen and oxygen atoms in total. The van der Waals surface area contributed by atoms with Gasteiger partial charge in [0.2, 0.25) is 21.8 Å². The van der Waals surface area contributed by atoms with Crippen molar-refractivity contribution in [1.82, 2.24) is 10.2 Å². The number of rotatable bonds is 11. The Morgan fingerprint density at radius 3 is 2.14 bits per heavy atom. The van der Waals surface area contributed by atoms with Crippen molar-refractivity contribution in [2.75, 3.05) is 17.1 Å². The lowest BCUT2D eigenvalue weighted by Crippen LogP contribution is -2.52. The molecule has 2 atom stereocenters. The van der Waals surface area contributed by atoms with Gasteiger partial charge in [-0.25, -0.2) is 8.42 Å². The van der Waals surface area contributed by atoms with E-state index in [0.29, 0.717) is 27.6 Å². The SMILES string of the molecule is CCC(C)NC(=O)C(C)N(Cc1c(Cl)cccc1Cl)C(=O)CN(c1cccc(C(C)=O)c1)S(C)(=O)=O. The molecule has 0 saturated heterocycles. The van der Waals surface area contributed by atoms with Crippen LogP contribution in [0.3, 0.4) is 0 Å². The van der Waals surface area contributed by atoms with Crippen LogP contribution in [0.25, 0.3) is 0 Å². The molecule has 2 amide bonds. The molecule has 0 bridgehead atoms. The van der Waals surface area contributed by atoms with Gasteiger partial charge >= 0.3 is 0 Å². The second-order valence-electron chi connectivity index (χ2n) is 8.59. The number of hydrogen-bond acceptors (Lipinski definition) is 5. The van der Waals surface area contributed by atoms with Gasteiger partial charge in [0.05, 0.1) is 11.9 Å². The Morgan fingerprint density at radius 1 is 1.03 bits per heavy atom. The van der Waals surface area contributed by atoms with E-state index in [2.05, 4.69) is 5.32 Å². The van der Waals surface area contributed by atoms with Crippen molar-refractivity contribution >= 4 is 56.5 Å². The van der Waals surface area contributed by atoms with E-state index in [9.17, 15) is 22.8 Å². The zero-order valence-electron chi connectivity index (χ0n) is 20.9. The van der Waals surface area contributed by atoms with Crippen molar-refractivity contribution in [3.8, 4) is 0 Å². The lowest BCUT2D eigenvalue weighted by atomic mass is 10.1. The summed E-state index contributed by atoms with van der Waals surface area (Å²) in [6.07, 6.45) is 1.66. The number of nitrogens with one attached hydrogen (secondary N) is 1. The van der Waals surface area contributed by atoms with Gasteiger partial charge in [0.15, 0.2) is 5.78 Å². The predicted octanol–water partition coefficient (Wildman–Crippen LogP) is 4.29. The molecule has 0 heterocycles. The number of ketones is 1. The lowest BCUT2D eigenvalue weighted by Gasteiger charge is -2.32. The number of sulfonamides is 1. The molecule has 36 heavy (non-hydrogen) atoms. The number of anilines is 1. The van der Waals surface area contributed by atoms with Gasteiger partial charge in [-0.2, -0.15) is 0 Å². The Morgan fingerprint density at radius 2 is 1.61 bits per heavy atom. The molecule has 0 aliphatic rings. The minimum atomic E-state index is -3.93. The van der Waals surface area contributed by atoms with E-state index in [1.54, 1.807) is 31.2 Å². The molecule has 2 aromatic carbocycles. The van der Waals surface area contributed by atoms with Gasteiger partial charge < -0.3 is 10.2 Å². The third kappa shape index (κ3) is 7.69. The van der Waals surface area contributed by atoms with Crippen LogP contribution < -0.4 is 9.62 Å². The summed E-state index contributed by atoms with van der Waals surface area (Å²) in [5.74, 6) is -1.29. The molecule has 0 fully saturated rings. The average molecular weight is 557 g/mol. The van der Waals surface area contributed by atoms with Crippen molar-refractivity contribution in [3.63, 3.8) is 0 Å². The Kier molecular flexibility index (Phi) is 10.3. The zero-order chi connectivity index (χ0) is 27.2. The highest BCUT2D eigenvalue weighted by atomic mass is 35.5. The fourth-order valence-electron chi connectivity index (χ4n) is 3.40. The first kappa shape index (κ1) is 29.6. The van der Waals surface area contributed by atoms with Crippen LogP contribution in [-0.2, 0) is 26.2 Å². The summed E-state index contributed by atoms with van der Waals surface area (Å²) in [6, 6.07) is 9.81. The van der Waals surface area contributed by atoms with Gasteiger partial charge in [0.1, 0.15) is 12.6 Å². The third-order valence-electron chi connectivity index (χ3n) is 5.78. The van der Waals surface area contributed by atoms with Gasteiger partial charge in [0, 0.05) is 33.8 Å². The molecule has 0 saturated carbocycles. The van der Waals surface area contributed by atoms with Crippen LogP contribution in [0.5, 0.6) is 0 Å². The molecular formula is C25H31Cl2N3O5S. The molecule has 0 aliphatic heterocycles. The van der Waals surface area contributed by atoms with Crippen molar-refractivity contribution in [1.29, 1.82) is 0 Å². The lowest BCUT2D eigenvalue weighted by molar-refractivity contribution is -0.139. The average Bonchev–Trinajstić information content (AvgIpc) is 2.81. The summed E-state index contributed by atoms with van der Waals surface area (Å²) < 4.78 is 26.3. The van der Waals surface area contributed by atoms with E-state index < -0.39 is 34.4 Å². The van der Waals surface area contributed by atoms with Crippen LogP contribution >= 0.6 is 23.2 Å². The van der Waals surface area contributed by atoms with Gasteiger partial charge in [0.25, 0.3) is 0 Å². The molecule has 2 rings (SSSR count). The minimum Gasteiger partial charge on any atom is -0.352 e. The number of benzene rings is 2. The molecule has 1 N–H and O–H groups in total. The van der Waals surface area contributed by atoms with Crippen LogP contribution in [0.4, 0.5) is 5.69 Å². The molecule has 0 radical (unpaired) electrons. The predicted molar refractivity (Wildman–Crippen MR) is 143 cm³/mol. The smallest absolute Gasteiger partial charge is 0.244 e. The molecule has 11 heteroatoms. The standard InChI is InChI=1S/C25H31Cl2N3O5S/c1-6-16(2)28-25(33)17(3)29(14-21-22(26)11-8-12-23(21)27)24(32)15-30(36(5,34)35)20-10-7-9-19(13-20)18(4)31/h7-13,16-17H,6,14-15H2,1-5H3,(H,28,33). The summed E-state index contributed by atoms with van der Waals surface area (Å²) in [5.41, 5.74) is 0.891. The largest absolute Gasteiger partial charge is 0.352 e. The Hall–Kier alpha value is -2.62. The molecule has 0 aromatic heterocycles. The van der Waals surface area contributed by atoms with Gasteiger partial charge in [-0.1, -0.05) is 48.3 Å². The Labute approximate surface area is 222 Å². The maximum absolute atomic E-state index is 13.6. The number of Topliss-reactive ketones (excluding diaryl/α,β-unsaturated/α-hetero) is 1. The third-order valence-corrected chi connectivity index (χ3v) is 7.63. The van der Waals surface area contributed by atoms with Crippen LogP contribution in [-0.4, -0.2) is 55.8 Å². The molecule has 0 aliphatic carbocycles. The molecule has 2 aromatic rings. The number of hydrogen-bond donors (Lipinski definition) is 1. The highest BCUT2D eigenvalue weighted by molar-refractivity contribution is 7.92. The molecule has 2 unspecified atom stereocenters. The Bertz CT molecular complexity index is 1220. The second kappa shape index (κ2) is 12.6. The first-order chi connectivity index (χ1) is 16.8. The zero-order valence-corrected chi connectivity index (χ0v) is 23.2. The van der Waals surface area contributed by atoms with Crippen LogP contribution in [0.15, 0.2) is 42.5 Å². The summed E-state index contributed by atoms with van der Waals surface area (Å²) >= 11 is 12.7. The van der Waals surface area contributed by atoms with E-state index in [1.165, 1.54) is 30.0 Å². The number of nitrogens with zero attached hydrogens (tertiary/aromatic N) is 2. The van der Waals surface area contributed by atoms with E-state index in [-0.39, 0.29) is 24.1 Å². The number of halogens is 2. The van der Waals surface area contributed by atoms with Crippen LogP contribution in [0, 0.1) is 0 Å². The fourth-order valence-corrected chi connectivity index (χ4v) is 4.75. The molecule has 0 spiro atoms. The van der Waals surface area contributed by atoms with E-state index in [4.69, 9.17) is 23.2 Å². The first-order valence-corrected chi connectivity index (χ1v) is 14.0. The monoisotopic (exact) mass is 555 g/mol. The van der Waals surface area contributed by atoms with Crippen LogP contribution in [0.2, 0.25) is 10.0 Å². The summed E-state index contributed by atoms with van der Waals surface area (Å²) in [5, 5.41) is 3.47. The van der Waals surface area contributed by atoms with Crippen LogP contribution in [0.1, 0.15) is 50.0 Å². The number of carbonyl (C=O) groups excluding carboxylic acids is 3.